The van der Waals surface area contributed by atoms with Crippen LogP contribution in [0.25, 0.3) is 10.4 Å². The van der Waals surface area contributed by atoms with E-state index in [1.807, 2.05) is 18.2 Å². The van der Waals surface area contributed by atoms with Gasteiger partial charge >= 0.3 is 0 Å². The molecule has 0 fully saturated rings. The van der Waals surface area contributed by atoms with Crippen LogP contribution < -0.4 is 5.32 Å². The van der Waals surface area contributed by atoms with E-state index < -0.39 is 0 Å². The van der Waals surface area contributed by atoms with Gasteiger partial charge in [-0.05, 0) is 66.8 Å². The van der Waals surface area contributed by atoms with Crippen molar-refractivity contribution >= 4 is 34.0 Å². The minimum absolute atomic E-state index is 0.121. The number of hydrogen-bond acceptors (Lipinski definition) is 6. The molecule has 1 N–H and O–H groups in total. The van der Waals surface area contributed by atoms with E-state index in [0.29, 0.717) is 28.3 Å². The molecule has 0 saturated heterocycles. The SMILES string of the molecule is N#Cc1cc2c(nc1SCCC(=O)Nc1sc3c(c1C#N)CCc1ccccc1-3)CCCCC2. The van der Waals surface area contributed by atoms with Crippen molar-refractivity contribution in [3.05, 3.63) is 63.8 Å². The van der Waals surface area contributed by atoms with Crippen LogP contribution in [0.1, 0.15) is 59.2 Å². The van der Waals surface area contributed by atoms with Gasteiger partial charge in [0.25, 0.3) is 0 Å². The second-order valence-corrected chi connectivity index (χ2v) is 10.8. The topological polar surface area (TPSA) is 89.6 Å². The van der Waals surface area contributed by atoms with Gasteiger partial charge in [0.05, 0.1) is 11.1 Å². The van der Waals surface area contributed by atoms with Gasteiger partial charge in [-0.3, -0.25) is 4.79 Å². The van der Waals surface area contributed by atoms with Gasteiger partial charge in [-0.2, -0.15) is 10.5 Å². The minimum Gasteiger partial charge on any atom is -0.317 e. The fourth-order valence-corrected chi connectivity index (χ4v) is 6.95. The molecule has 5 nitrogen and oxygen atoms in total. The predicted octanol–water partition coefficient (Wildman–Crippen LogP) is 6.04. The smallest absolute Gasteiger partial charge is 0.225 e. The predicted molar refractivity (Wildman–Crippen MR) is 136 cm³/mol. The number of thioether (sulfide) groups is 1. The Morgan fingerprint density at radius 3 is 2.76 bits per heavy atom. The highest BCUT2D eigenvalue weighted by molar-refractivity contribution is 7.99. The average molecular weight is 485 g/mol. The van der Waals surface area contributed by atoms with Crippen molar-refractivity contribution in [3.8, 4) is 22.6 Å². The summed E-state index contributed by atoms with van der Waals surface area (Å²) in [7, 11) is 0. The number of thiophene rings is 1. The van der Waals surface area contributed by atoms with E-state index in [1.54, 1.807) is 0 Å². The first kappa shape index (κ1) is 22.7. The first-order chi connectivity index (χ1) is 16.7. The lowest BCUT2D eigenvalue weighted by molar-refractivity contribution is -0.115. The van der Waals surface area contributed by atoms with Crippen LogP contribution in [0.2, 0.25) is 0 Å². The number of fused-ring (bicyclic) bond motifs is 4. The van der Waals surface area contributed by atoms with Gasteiger partial charge in [-0.1, -0.05) is 30.7 Å². The number of carbonyl (C=O) groups is 1. The monoisotopic (exact) mass is 484 g/mol. The number of benzene rings is 1. The molecule has 0 bridgehead atoms. The summed E-state index contributed by atoms with van der Waals surface area (Å²) < 4.78 is 0. The molecule has 34 heavy (non-hydrogen) atoms. The van der Waals surface area contributed by atoms with Crippen LogP contribution in [0.5, 0.6) is 0 Å². The average Bonchev–Trinajstić information content (AvgIpc) is 3.05. The second kappa shape index (κ2) is 10.0. The van der Waals surface area contributed by atoms with E-state index in [9.17, 15) is 15.3 Å². The molecule has 0 aliphatic heterocycles. The maximum atomic E-state index is 12.7. The Morgan fingerprint density at radius 1 is 1.06 bits per heavy atom. The number of nitrogens with zero attached hydrogens (tertiary/aromatic N) is 3. The number of pyridine rings is 1. The van der Waals surface area contributed by atoms with Crippen molar-refractivity contribution in [3.63, 3.8) is 0 Å². The molecular formula is C27H24N4OS2. The van der Waals surface area contributed by atoms with Crippen molar-refractivity contribution in [1.29, 1.82) is 10.5 Å². The highest BCUT2D eigenvalue weighted by atomic mass is 32.2. The number of nitrogens with one attached hydrogen (secondary N) is 1. The zero-order valence-electron chi connectivity index (χ0n) is 18.8. The normalized spacial score (nSPS) is 14.1. The summed E-state index contributed by atoms with van der Waals surface area (Å²) in [6.07, 6.45) is 7.44. The summed E-state index contributed by atoms with van der Waals surface area (Å²) in [4.78, 5) is 18.6. The summed E-state index contributed by atoms with van der Waals surface area (Å²) in [6.45, 7) is 0. The highest BCUT2D eigenvalue weighted by Gasteiger charge is 2.25. The molecule has 0 atom stereocenters. The molecule has 0 radical (unpaired) electrons. The Hall–Kier alpha value is -3.13. The summed E-state index contributed by atoms with van der Waals surface area (Å²) in [6, 6.07) is 14.9. The highest BCUT2D eigenvalue weighted by Crippen LogP contribution is 2.44. The zero-order chi connectivity index (χ0) is 23.5. The van der Waals surface area contributed by atoms with Crippen molar-refractivity contribution < 1.29 is 4.79 Å². The van der Waals surface area contributed by atoms with Crippen molar-refractivity contribution in [2.75, 3.05) is 11.1 Å². The summed E-state index contributed by atoms with van der Waals surface area (Å²) in [5, 5.41) is 23.7. The molecule has 3 aromatic rings. The van der Waals surface area contributed by atoms with E-state index in [2.05, 4.69) is 29.6 Å². The Labute approximate surface area is 207 Å². The van der Waals surface area contributed by atoms with Gasteiger partial charge in [0.15, 0.2) is 0 Å². The molecule has 0 unspecified atom stereocenters. The third-order valence-corrected chi connectivity index (χ3v) is 8.66. The fraction of sp³-hybridized carbons (Fsp3) is 0.333. The maximum Gasteiger partial charge on any atom is 0.225 e. The number of aromatic nitrogens is 1. The van der Waals surface area contributed by atoms with Crippen LogP contribution in [0.4, 0.5) is 5.00 Å². The number of aryl methyl sites for hydroxylation is 3. The Morgan fingerprint density at radius 2 is 1.91 bits per heavy atom. The van der Waals surface area contributed by atoms with Crippen molar-refractivity contribution in [1.82, 2.24) is 4.98 Å². The minimum atomic E-state index is -0.121. The van der Waals surface area contributed by atoms with E-state index >= 15 is 0 Å². The summed E-state index contributed by atoms with van der Waals surface area (Å²) in [5.41, 5.74) is 6.99. The molecule has 170 valence electrons. The third-order valence-electron chi connectivity index (χ3n) is 6.48. The lowest BCUT2D eigenvalue weighted by Crippen LogP contribution is -2.12. The number of anilines is 1. The van der Waals surface area contributed by atoms with Crippen molar-refractivity contribution in [2.45, 2.75) is 56.4 Å². The van der Waals surface area contributed by atoms with E-state index in [0.717, 1.165) is 59.7 Å². The number of nitriles is 2. The van der Waals surface area contributed by atoms with Gasteiger partial charge in [0.2, 0.25) is 5.91 Å². The quantitative estimate of drug-likeness (QED) is 0.352. The molecule has 0 spiro atoms. The lowest BCUT2D eigenvalue weighted by Gasteiger charge is -2.15. The molecule has 2 aliphatic rings. The van der Waals surface area contributed by atoms with Gasteiger partial charge < -0.3 is 5.32 Å². The molecular weight excluding hydrogens is 460 g/mol. The number of rotatable bonds is 5. The van der Waals surface area contributed by atoms with Gasteiger partial charge in [-0.25, -0.2) is 4.98 Å². The second-order valence-electron chi connectivity index (χ2n) is 8.65. The van der Waals surface area contributed by atoms with Crippen LogP contribution in [0.15, 0.2) is 35.4 Å². The molecule has 2 heterocycles. The van der Waals surface area contributed by atoms with Crippen LogP contribution in [-0.2, 0) is 30.5 Å². The molecule has 2 aliphatic carbocycles. The Bertz CT molecular complexity index is 1350. The van der Waals surface area contributed by atoms with Crippen LogP contribution in [0.3, 0.4) is 0 Å². The molecule has 1 amide bonds. The molecule has 1 aromatic carbocycles. The maximum absolute atomic E-state index is 12.7. The fourth-order valence-electron chi connectivity index (χ4n) is 4.76. The van der Waals surface area contributed by atoms with Crippen LogP contribution >= 0.6 is 23.1 Å². The first-order valence-corrected chi connectivity index (χ1v) is 13.5. The first-order valence-electron chi connectivity index (χ1n) is 11.7. The molecule has 2 aromatic heterocycles. The Kier molecular flexibility index (Phi) is 6.67. The summed E-state index contributed by atoms with van der Waals surface area (Å²) in [5.74, 6) is 0.409. The van der Waals surface area contributed by atoms with E-state index in [-0.39, 0.29) is 5.91 Å². The van der Waals surface area contributed by atoms with E-state index in [4.69, 9.17) is 4.98 Å². The zero-order valence-corrected chi connectivity index (χ0v) is 20.5. The molecule has 0 saturated carbocycles. The summed E-state index contributed by atoms with van der Waals surface area (Å²) >= 11 is 2.96. The van der Waals surface area contributed by atoms with Gasteiger partial charge in [0.1, 0.15) is 22.2 Å². The third kappa shape index (κ3) is 4.46. The number of hydrogen-bond donors (Lipinski definition) is 1. The van der Waals surface area contributed by atoms with Crippen molar-refractivity contribution in [2.24, 2.45) is 0 Å². The number of amides is 1. The standard InChI is InChI=1S/C27H24N4OS2/c28-15-19-14-18-7-2-1-3-9-23(18)30-26(19)33-13-12-24(32)31-27-22(16-29)21-11-10-17-6-4-5-8-20(17)25(21)34-27/h4-6,8,14H,1-3,7,9-13H2,(H,31,32). The number of carbonyl (C=O) groups excluding carboxylic acids is 1. The Balaban J connectivity index is 1.27. The lowest BCUT2D eigenvalue weighted by atomic mass is 9.90. The largest absolute Gasteiger partial charge is 0.317 e. The molecule has 7 heteroatoms. The van der Waals surface area contributed by atoms with Crippen LogP contribution in [0, 0.1) is 22.7 Å². The van der Waals surface area contributed by atoms with Gasteiger partial charge in [0, 0.05) is 22.7 Å². The van der Waals surface area contributed by atoms with Crippen LogP contribution in [-0.4, -0.2) is 16.6 Å². The van der Waals surface area contributed by atoms with E-state index in [1.165, 1.54) is 46.2 Å². The molecule has 5 rings (SSSR count). The van der Waals surface area contributed by atoms with Gasteiger partial charge in [-0.15, -0.1) is 23.1 Å².